The van der Waals surface area contributed by atoms with E-state index in [2.05, 4.69) is 22.0 Å². The first-order valence-electron chi connectivity index (χ1n) is 9.55. The fourth-order valence-corrected chi connectivity index (χ4v) is 3.90. The molecule has 0 bridgehead atoms. The Bertz CT molecular complexity index is 1090. The summed E-state index contributed by atoms with van der Waals surface area (Å²) in [6, 6.07) is 17.2. The SMILES string of the molecule is C=CCN1C(=O)NC(c2ccc(SC)cc2)C(c2nc(-c3ccccc3)no2)=C1C. The lowest BCUT2D eigenvalue weighted by Crippen LogP contribution is -2.46. The van der Waals surface area contributed by atoms with Gasteiger partial charge in [-0.05, 0) is 30.9 Å². The van der Waals surface area contributed by atoms with Crippen LogP contribution in [0, 0.1) is 0 Å². The lowest BCUT2D eigenvalue weighted by atomic mass is 9.94. The average molecular weight is 419 g/mol. The van der Waals surface area contributed by atoms with E-state index in [-0.39, 0.29) is 6.03 Å². The van der Waals surface area contributed by atoms with E-state index in [0.29, 0.717) is 18.3 Å². The molecule has 1 aromatic heterocycles. The number of allylic oxidation sites excluding steroid dienone is 1. The van der Waals surface area contributed by atoms with Gasteiger partial charge in [-0.25, -0.2) is 4.79 Å². The third-order valence-electron chi connectivity index (χ3n) is 5.05. The Labute approximate surface area is 179 Å². The molecule has 0 fully saturated rings. The molecule has 0 spiro atoms. The maximum Gasteiger partial charge on any atom is 0.322 e. The number of hydrogen-bond acceptors (Lipinski definition) is 5. The van der Waals surface area contributed by atoms with E-state index in [1.807, 2.05) is 67.8 Å². The molecule has 2 heterocycles. The molecule has 0 aliphatic carbocycles. The van der Waals surface area contributed by atoms with Crippen molar-refractivity contribution in [3.8, 4) is 11.4 Å². The molecule has 30 heavy (non-hydrogen) atoms. The molecule has 7 heteroatoms. The van der Waals surface area contributed by atoms with Crippen LogP contribution in [0.1, 0.15) is 24.4 Å². The van der Waals surface area contributed by atoms with Crippen LogP contribution >= 0.6 is 11.8 Å². The summed E-state index contributed by atoms with van der Waals surface area (Å²) in [5.41, 5.74) is 3.37. The van der Waals surface area contributed by atoms with Crippen LogP contribution in [0.5, 0.6) is 0 Å². The average Bonchev–Trinajstić information content (AvgIpc) is 3.26. The zero-order valence-corrected chi connectivity index (χ0v) is 17.6. The highest BCUT2D eigenvalue weighted by molar-refractivity contribution is 7.98. The number of carbonyl (C=O) groups is 1. The van der Waals surface area contributed by atoms with Gasteiger partial charge < -0.3 is 9.84 Å². The highest BCUT2D eigenvalue weighted by atomic mass is 32.2. The summed E-state index contributed by atoms with van der Waals surface area (Å²) in [7, 11) is 0. The van der Waals surface area contributed by atoms with Crippen molar-refractivity contribution in [2.24, 2.45) is 0 Å². The second kappa shape index (κ2) is 8.59. The van der Waals surface area contributed by atoms with Crippen molar-refractivity contribution in [2.45, 2.75) is 17.9 Å². The predicted molar refractivity (Wildman–Crippen MR) is 119 cm³/mol. The smallest absolute Gasteiger partial charge is 0.322 e. The number of aromatic nitrogens is 2. The van der Waals surface area contributed by atoms with Crippen molar-refractivity contribution in [2.75, 3.05) is 12.8 Å². The van der Waals surface area contributed by atoms with Crippen molar-refractivity contribution in [3.63, 3.8) is 0 Å². The molecule has 0 saturated heterocycles. The van der Waals surface area contributed by atoms with E-state index in [0.717, 1.165) is 27.3 Å². The number of benzene rings is 2. The Morgan fingerprint density at radius 1 is 1.20 bits per heavy atom. The van der Waals surface area contributed by atoms with Crippen LogP contribution in [0.25, 0.3) is 17.0 Å². The summed E-state index contributed by atoms with van der Waals surface area (Å²) in [4.78, 5) is 20.2. The zero-order valence-electron chi connectivity index (χ0n) is 16.8. The van der Waals surface area contributed by atoms with Crippen LogP contribution in [0.15, 0.2) is 82.4 Å². The van der Waals surface area contributed by atoms with E-state index in [4.69, 9.17) is 4.52 Å². The number of rotatable bonds is 6. The van der Waals surface area contributed by atoms with Crippen LogP contribution in [0.3, 0.4) is 0 Å². The van der Waals surface area contributed by atoms with Gasteiger partial charge in [0.25, 0.3) is 5.89 Å². The van der Waals surface area contributed by atoms with E-state index >= 15 is 0 Å². The molecule has 2 aromatic carbocycles. The molecule has 1 aliphatic heterocycles. The molecule has 3 aromatic rings. The molecule has 1 atom stereocenters. The summed E-state index contributed by atoms with van der Waals surface area (Å²) in [5, 5.41) is 7.25. The van der Waals surface area contributed by atoms with Crippen LogP contribution in [-0.2, 0) is 0 Å². The minimum absolute atomic E-state index is 0.183. The van der Waals surface area contributed by atoms with Crippen LogP contribution in [0.2, 0.25) is 0 Å². The highest BCUT2D eigenvalue weighted by Gasteiger charge is 2.35. The number of nitrogens with zero attached hydrogens (tertiary/aromatic N) is 3. The molecule has 1 aliphatic rings. The normalized spacial score (nSPS) is 16.5. The standard InChI is InChI=1S/C23H22N4O2S/c1-4-14-27-15(2)19(22-25-21(26-29-22)17-8-6-5-7-9-17)20(24-23(27)28)16-10-12-18(30-3)13-11-16/h4-13,20H,1,14H2,2-3H3,(H,24,28). The summed E-state index contributed by atoms with van der Waals surface area (Å²) in [6.07, 6.45) is 3.72. The summed E-state index contributed by atoms with van der Waals surface area (Å²) in [6.45, 7) is 6.05. The molecular weight excluding hydrogens is 396 g/mol. The molecule has 1 unspecified atom stereocenters. The van der Waals surface area contributed by atoms with Crippen molar-refractivity contribution in [1.29, 1.82) is 0 Å². The quantitative estimate of drug-likeness (QED) is 0.443. The zero-order chi connectivity index (χ0) is 21.1. The fourth-order valence-electron chi connectivity index (χ4n) is 3.49. The first-order chi connectivity index (χ1) is 14.6. The Morgan fingerprint density at radius 2 is 1.93 bits per heavy atom. The van der Waals surface area contributed by atoms with Gasteiger partial charge in [0.15, 0.2) is 0 Å². The number of urea groups is 1. The first kappa shape index (κ1) is 20.0. The summed E-state index contributed by atoms with van der Waals surface area (Å²) >= 11 is 1.67. The molecule has 2 amide bonds. The minimum atomic E-state index is -0.390. The molecule has 1 N–H and O–H groups in total. The van der Waals surface area contributed by atoms with Crippen LogP contribution < -0.4 is 5.32 Å². The second-order valence-corrected chi connectivity index (χ2v) is 7.72. The highest BCUT2D eigenvalue weighted by Crippen LogP contribution is 2.37. The van der Waals surface area contributed by atoms with E-state index in [1.165, 1.54) is 0 Å². The Kier molecular flexibility index (Phi) is 5.72. The first-order valence-corrected chi connectivity index (χ1v) is 10.8. The number of amides is 2. The van der Waals surface area contributed by atoms with Crippen LogP contribution in [0.4, 0.5) is 4.79 Å². The monoisotopic (exact) mass is 418 g/mol. The van der Waals surface area contributed by atoms with Crippen molar-refractivity contribution >= 4 is 23.4 Å². The summed E-state index contributed by atoms with van der Waals surface area (Å²) in [5.74, 6) is 0.897. The lowest BCUT2D eigenvalue weighted by Gasteiger charge is -2.34. The van der Waals surface area contributed by atoms with Crippen molar-refractivity contribution < 1.29 is 9.32 Å². The number of thioether (sulfide) groups is 1. The third kappa shape index (κ3) is 3.76. The molecule has 0 radical (unpaired) electrons. The largest absolute Gasteiger partial charge is 0.334 e. The van der Waals surface area contributed by atoms with Crippen molar-refractivity contribution in [1.82, 2.24) is 20.4 Å². The number of hydrogen-bond donors (Lipinski definition) is 1. The van der Waals surface area contributed by atoms with Crippen molar-refractivity contribution in [3.05, 3.63) is 84.4 Å². The maximum atomic E-state index is 12.8. The summed E-state index contributed by atoms with van der Waals surface area (Å²) < 4.78 is 5.66. The Hall–Kier alpha value is -3.32. The van der Waals surface area contributed by atoms with Gasteiger partial charge in [-0.1, -0.05) is 53.7 Å². The van der Waals surface area contributed by atoms with Crippen LogP contribution in [-0.4, -0.2) is 33.9 Å². The Morgan fingerprint density at radius 3 is 2.60 bits per heavy atom. The molecular formula is C23H22N4O2S. The van der Waals surface area contributed by atoms with E-state index < -0.39 is 6.04 Å². The molecule has 6 nitrogen and oxygen atoms in total. The Balaban J connectivity index is 1.81. The fraction of sp³-hybridized carbons (Fsp3) is 0.174. The molecule has 152 valence electrons. The lowest BCUT2D eigenvalue weighted by molar-refractivity contribution is 0.209. The van der Waals surface area contributed by atoms with Gasteiger partial charge in [0.2, 0.25) is 5.82 Å². The minimum Gasteiger partial charge on any atom is -0.334 e. The molecule has 4 rings (SSSR count). The predicted octanol–water partition coefficient (Wildman–Crippen LogP) is 5.14. The van der Waals surface area contributed by atoms with Gasteiger partial charge in [0, 0.05) is 22.7 Å². The van der Waals surface area contributed by atoms with Gasteiger partial charge in [-0.15, -0.1) is 18.3 Å². The molecule has 0 saturated carbocycles. The van der Waals surface area contributed by atoms with Gasteiger partial charge in [-0.2, -0.15) is 4.98 Å². The maximum absolute atomic E-state index is 12.8. The van der Waals surface area contributed by atoms with Gasteiger partial charge >= 0.3 is 6.03 Å². The van der Waals surface area contributed by atoms with E-state index in [1.54, 1.807) is 22.7 Å². The van der Waals surface area contributed by atoms with Gasteiger partial charge in [-0.3, -0.25) is 4.90 Å². The van der Waals surface area contributed by atoms with Gasteiger partial charge in [0.05, 0.1) is 11.6 Å². The van der Waals surface area contributed by atoms with Gasteiger partial charge in [0.1, 0.15) is 0 Å². The second-order valence-electron chi connectivity index (χ2n) is 6.84. The topological polar surface area (TPSA) is 71.3 Å². The number of carbonyl (C=O) groups excluding carboxylic acids is 1. The van der Waals surface area contributed by atoms with E-state index in [9.17, 15) is 4.79 Å². The third-order valence-corrected chi connectivity index (χ3v) is 5.79. The number of nitrogens with one attached hydrogen (secondary N) is 1.